The summed E-state index contributed by atoms with van der Waals surface area (Å²) in [7, 11) is 0. The van der Waals surface area contributed by atoms with E-state index in [1.165, 1.54) is 6.92 Å². The van der Waals surface area contributed by atoms with Crippen LogP contribution in [0, 0.1) is 0 Å². The molecule has 0 aliphatic carbocycles. The topological polar surface area (TPSA) is 183 Å². The van der Waals surface area contributed by atoms with Gasteiger partial charge in [-0.15, -0.1) is 0 Å². The minimum Gasteiger partial charge on any atom is -0.508 e. The van der Waals surface area contributed by atoms with Gasteiger partial charge in [-0.1, -0.05) is 0 Å². The molecular formula is C21H22O11. The van der Waals surface area contributed by atoms with Gasteiger partial charge in [0, 0.05) is 30.7 Å². The van der Waals surface area contributed by atoms with Gasteiger partial charge < -0.3 is 44.8 Å². The van der Waals surface area contributed by atoms with Crippen LogP contribution in [0.25, 0.3) is 0 Å². The lowest BCUT2D eigenvalue weighted by Gasteiger charge is -2.40. The van der Waals surface area contributed by atoms with E-state index in [0.29, 0.717) is 0 Å². The van der Waals surface area contributed by atoms with Crippen LogP contribution in [0.4, 0.5) is 0 Å². The molecule has 1 saturated heterocycles. The van der Waals surface area contributed by atoms with Gasteiger partial charge in [0.15, 0.2) is 6.10 Å². The van der Waals surface area contributed by atoms with Crippen LogP contribution in [0.3, 0.4) is 0 Å². The summed E-state index contributed by atoms with van der Waals surface area (Å²) in [4.78, 5) is 24.2. The molecule has 0 saturated carbocycles. The molecule has 5 atom stereocenters. The predicted molar refractivity (Wildman–Crippen MR) is 106 cm³/mol. The molecule has 0 spiro atoms. The van der Waals surface area contributed by atoms with Gasteiger partial charge in [0.05, 0.1) is 6.10 Å². The molecule has 1 fully saturated rings. The van der Waals surface area contributed by atoms with Crippen molar-refractivity contribution in [1.29, 1.82) is 0 Å². The monoisotopic (exact) mass is 450 g/mol. The summed E-state index contributed by atoms with van der Waals surface area (Å²) in [5, 5.41) is 60.2. The molecule has 2 aromatic carbocycles. The van der Waals surface area contributed by atoms with Crippen LogP contribution in [-0.4, -0.2) is 73.1 Å². The molecule has 0 amide bonds. The van der Waals surface area contributed by atoms with Gasteiger partial charge in [-0.25, -0.2) is 0 Å². The number of benzene rings is 2. The second kappa shape index (κ2) is 8.91. The third kappa shape index (κ3) is 4.69. The van der Waals surface area contributed by atoms with Crippen molar-refractivity contribution < 1.29 is 54.4 Å². The molecule has 0 bridgehead atoms. The Morgan fingerprint density at radius 2 is 1.50 bits per heavy atom. The van der Waals surface area contributed by atoms with Gasteiger partial charge in [-0.3, -0.25) is 9.59 Å². The SMILES string of the molecule is CC(=O)OC1C(C)OC(Oc2cc(O)cc(O)c2C(=O)c2cc(O)cc(O)c2)C(O)C1O. The van der Waals surface area contributed by atoms with Crippen LogP contribution in [0.1, 0.15) is 29.8 Å². The average Bonchev–Trinajstić information content (AvgIpc) is 2.67. The first-order valence-corrected chi connectivity index (χ1v) is 9.47. The highest BCUT2D eigenvalue weighted by molar-refractivity contribution is 6.13. The Hall–Kier alpha value is -3.54. The number of carbonyl (C=O) groups excluding carboxylic acids is 2. The molecule has 0 aromatic heterocycles. The Morgan fingerprint density at radius 1 is 0.906 bits per heavy atom. The summed E-state index contributed by atoms with van der Waals surface area (Å²) in [5.74, 6) is -3.99. The normalized spacial score (nSPS) is 25.2. The van der Waals surface area contributed by atoms with E-state index in [1.54, 1.807) is 0 Å². The molecule has 0 radical (unpaired) electrons. The maximum atomic E-state index is 13.0. The van der Waals surface area contributed by atoms with E-state index >= 15 is 0 Å². The van der Waals surface area contributed by atoms with Crippen molar-refractivity contribution >= 4 is 11.8 Å². The van der Waals surface area contributed by atoms with Crippen LogP contribution in [-0.2, 0) is 14.3 Å². The molecule has 5 unspecified atom stereocenters. The van der Waals surface area contributed by atoms with Gasteiger partial charge in [0.25, 0.3) is 0 Å². The zero-order valence-corrected chi connectivity index (χ0v) is 17.0. The number of phenolic OH excluding ortho intramolecular Hbond substituents is 4. The fourth-order valence-corrected chi connectivity index (χ4v) is 3.36. The zero-order valence-electron chi connectivity index (χ0n) is 17.0. The second-order valence-electron chi connectivity index (χ2n) is 7.29. The van der Waals surface area contributed by atoms with Gasteiger partial charge in [0.2, 0.25) is 12.1 Å². The fourth-order valence-electron chi connectivity index (χ4n) is 3.36. The number of phenols is 4. The van der Waals surface area contributed by atoms with Crippen molar-refractivity contribution in [2.24, 2.45) is 0 Å². The van der Waals surface area contributed by atoms with Crippen molar-refractivity contribution in [2.45, 2.75) is 44.6 Å². The highest BCUT2D eigenvalue weighted by Crippen LogP contribution is 2.37. The molecule has 1 heterocycles. The molecule has 3 rings (SSSR count). The lowest BCUT2D eigenvalue weighted by atomic mass is 9.99. The zero-order chi connectivity index (χ0) is 23.7. The molecular weight excluding hydrogens is 428 g/mol. The highest BCUT2D eigenvalue weighted by atomic mass is 16.7. The first-order chi connectivity index (χ1) is 15.0. The Bertz CT molecular complexity index is 1010. The van der Waals surface area contributed by atoms with Crippen LogP contribution in [0.15, 0.2) is 30.3 Å². The fraction of sp³-hybridized carbons (Fsp3) is 0.333. The number of ketones is 1. The standard InChI is InChI=1S/C21H22O11/c1-8-20(31-9(2)22)18(28)19(29)21(30-8)32-15-7-13(25)6-14(26)16(15)17(27)10-3-11(23)5-12(24)4-10/h3-8,18-21,23-26,28-29H,1-2H3. The minimum atomic E-state index is -1.73. The van der Waals surface area contributed by atoms with E-state index in [2.05, 4.69) is 0 Å². The number of aliphatic hydroxyl groups excluding tert-OH is 2. The third-order valence-corrected chi connectivity index (χ3v) is 4.78. The van der Waals surface area contributed by atoms with Gasteiger partial charge in [-0.2, -0.15) is 0 Å². The number of aromatic hydroxyl groups is 4. The van der Waals surface area contributed by atoms with Crippen molar-refractivity contribution in [3.63, 3.8) is 0 Å². The molecule has 172 valence electrons. The molecule has 2 aromatic rings. The molecule has 11 nitrogen and oxygen atoms in total. The largest absolute Gasteiger partial charge is 0.508 e. The van der Waals surface area contributed by atoms with Crippen LogP contribution >= 0.6 is 0 Å². The molecule has 32 heavy (non-hydrogen) atoms. The van der Waals surface area contributed by atoms with Crippen molar-refractivity contribution in [2.75, 3.05) is 0 Å². The minimum absolute atomic E-state index is 0.207. The van der Waals surface area contributed by atoms with E-state index in [-0.39, 0.29) is 5.56 Å². The van der Waals surface area contributed by atoms with E-state index in [0.717, 1.165) is 37.3 Å². The highest BCUT2D eigenvalue weighted by Gasteiger charge is 2.46. The lowest BCUT2D eigenvalue weighted by molar-refractivity contribution is -0.272. The molecule has 1 aliphatic rings. The Kier molecular flexibility index (Phi) is 6.44. The first-order valence-electron chi connectivity index (χ1n) is 9.47. The summed E-state index contributed by atoms with van der Waals surface area (Å²) in [5.41, 5.74) is -0.672. The van der Waals surface area contributed by atoms with Crippen molar-refractivity contribution in [1.82, 2.24) is 0 Å². The van der Waals surface area contributed by atoms with E-state index in [1.807, 2.05) is 0 Å². The van der Waals surface area contributed by atoms with E-state index in [9.17, 15) is 40.2 Å². The van der Waals surface area contributed by atoms with Gasteiger partial charge in [0.1, 0.15) is 46.5 Å². The van der Waals surface area contributed by atoms with Crippen molar-refractivity contribution in [3.05, 3.63) is 41.5 Å². The summed E-state index contributed by atoms with van der Waals surface area (Å²) in [6.45, 7) is 2.58. The maximum Gasteiger partial charge on any atom is 0.303 e. The number of esters is 1. The Labute approximate surface area is 181 Å². The van der Waals surface area contributed by atoms with E-state index in [4.69, 9.17) is 14.2 Å². The quantitative estimate of drug-likeness (QED) is 0.276. The van der Waals surface area contributed by atoms with Gasteiger partial charge in [-0.05, 0) is 19.1 Å². The number of ether oxygens (including phenoxy) is 3. The molecule has 6 N–H and O–H groups in total. The lowest BCUT2D eigenvalue weighted by Crippen LogP contribution is -2.59. The Morgan fingerprint density at radius 3 is 2.09 bits per heavy atom. The summed E-state index contributed by atoms with van der Waals surface area (Å²) in [6.07, 6.45) is -7.00. The van der Waals surface area contributed by atoms with E-state index < -0.39 is 76.8 Å². The van der Waals surface area contributed by atoms with Crippen LogP contribution < -0.4 is 4.74 Å². The Balaban J connectivity index is 1.95. The smallest absolute Gasteiger partial charge is 0.303 e. The molecule has 1 aliphatic heterocycles. The summed E-state index contributed by atoms with van der Waals surface area (Å²) >= 11 is 0. The maximum absolute atomic E-state index is 13.0. The molecule has 11 heteroatoms. The number of hydrogen-bond donors (Lipinski definition) is 6. The van der Waals surface area contributed by atoms with Crippen LogP contribution in [0.5, 0.6) is 28.7 Å². The van der Waals surface area contributed by atoms with Crippen LogP contribution in [0.2, 0.25) is 0 Å². The number of aliphatic hydroxyl groups is 2. The second-order valence-corrected chi connectivity index (χ2v) is 7.29. The number of carbonyl (C=O) groups is 2. The van der Waals surface area contributed by atoms with Gasteiger partial charge >= 0.3 is 5.97 Å². The summed E-state index contributed by atoms with van der Waals surface area (Å²) < 4.78 is 16.0. The van der Waals surface area contributed by atoms with Crippen molar-refractivity contribution in [3.8, 4) is 28.7 Å². The first kappa shape index (κ1) is 23.1. The number of rotatable bonds is 5. The average molecular weight is 450 g/mol. The number of hydrogen-bond acceptors (Lipinski definition) is 11. The predicted octanol–water partition coefficient (Wildman–Crippen LogP) is 0.517. The third-order valence-electron chi connectivity index (χ3n) is 4.78. The summed E-state index contributed by atoms with van der Waals surface area (Å²) in [6, 6.07) is 4.93.